The van der Waals surface area contributed by atoms with Crippen LogP contribution >= 0.6 is 0 Å². The molecule has 242 valence electrons. The first-order valence-electron chi connectivity index (χ1n) is 15.9. The molecule has 3 rings (SSSR count). The van der Waals surface area contributed by atoms with Gasteiger partial charge in [-0.25, -0.2) is 9.78 Å². The Labute approximate surface area is 261 Å². The molecule has 1 fully saturated rings. The number of nitrogens with two attached hydrogens (primary N) is 1. The van der Waals surface area contributed by atoms with Crippen molar-refractivity contribution in [1.29, 1.82) is 0 Å². The van der Waals surface area contributed by atoms with Crippen LogP contribution in [0.25, 0.3) is 0 Å². The SMILES string of the molecule is C=C[C@@H](C[C@@H](O)[C@H](CC1CCCCC1)NC(=O)[C@H](Cc1c[nH]cn1)N(C)C(=O)[C@H](COC(N)=O)Cc1ccccc1)C(C)C. The van der Waals surface area contributed by atoms with Crippen LogP contribution in [0.15, 0.2) is 55.5 Å². The molecule has 10 heteroatoms. The second kappa shape index (κ2) is 17.6. The molecule has 3 amide bonds. The van der Waals surface area contributed by atoms with E-state index in [9.17, 15) is 19.5 Å². The van der Waals surface area contributed by atoms with Crippen LogP contribution in [0.5, 0.6) is 0 Å². The van der Waals surface area contributed by atoms with Gasteiger partial charge in [-0.15, -0.1) is 6.58 Å². The molecule has 1 heterocycles. The van der Waals surface area contributed by atoms with E-state index in [1.54, 1.807) is 13.2 Å². The Kier molecular flexibility index (Phi) is 13.9. The molecular weight excluding hydrogens is 558 g/mol. The number of imidazole rings is 1. The van der Waals surface area contributed by atoms with E-state index in [0.717, 1.165) is 31.2 Å². The first kappa shape index (κ1) is 34.8. The third kappa shape index (κ3) is 10.8. The number of aliphatic hydroxyl groups excluding tert-OH is 1. The molecule has 0 saturated heterocycles. The first-order valence-corrected chi connectivity index (χ1v) is 15.9. The van der Waals surface area contributed by atoms with Gasteiger partial charge < -0.3 is 30.8 Å². The van der Waals surface area contributed by atoms with Crippen LogP contribution in [0, 0.1) is 23.7 Å². The van der Waals surface area contributed by atoms with E-state index >= 15 is 0 Å². The van der Waals surface area contributed by atoms with Crippen LogP contribution in [0.2, 0.25) is 0 Å². The van der Waals surface area contributed by atoms with Gasteiger partial charge in [0, 0.05) is 19.7 Å². The predicted octanol–water partition coefficient (Wildman–Crippen LogP) is 4.40. The summed E-state index contributed by atoms with van der Waals surface area (Å²) in [5.74, 6) is -0.667. The van der Waals surface area contributed by atoms with Crippen LogP contribution in [0.4, 0.5) is 4.79 Å². The normalized spacial score (nSPS) is 17.2. The van der Waals surface area contributed by atoms with Gasteiger partial charge in [0.2, 0.25) is 11.8 Å². The maximum absolute atomic E-state index is 14.1. The molecule has 5 N–H and O–H groups in total. The predicted molar refractivity (Wildman–Crippen MR) is 170 cm³/mol. The van der Waals surface area contributed by atoms with E-state index in [2.05, 4.69) is 35.7 Å². The molecule has 0 radical (unpaired) electrons. The lowest BCUT2D eigenvalue weighted by Gasteiger charge is -2.35. The lowest BCUT2D eigenvalue weighted by Crippen LogP contribution is -2.55. The first-order chi connectivity index (χ1) is 21.1. The minimum atomic E-state index is -0.969. The summed E-state index contributed by atoms with van der Waals surface area (Å²) < 4.78 is 5.07. The number of amides is 3. The second-order valence-corrected chi connectivity index (χ2v) is 12.5. The Morgan fingerprint density at radius 2 is 1.89 bits per heavy atom. The number of aromatic amines is 1. The third-order valence-corrected chi connectivity index (χ3v) is 8.95. The molecule has 0 bridgehead atoms. The fourth-order valence-corrected chi connectivity index (χ4v) is 6.20. The van der Waals surface area contributed by atoms with Crippen molar-refractivity contribution in [2.75, 3.05) is 13.7 Å². The summed E-state index contributed by atoms with van der Waals surface area (Å²) in [7, 11) is 1.58. The van der Waals surface area contributed by atoms with E-state index in [1.165, 1.54) is 17.6 Å². The quantitative estimate of drug-likeness (QED) is 0.195. The topological polar surface area (TPSA) is 151 Å². The van der Waals surface area contributed by atoms with Crippen LogP contribution in [0.3, 0.4) is 0 Å². The number of carbonyl (C=O) groups is 3. The van der Waals surface area contributed by atoms with Crippen LogP contribution in [0.1, 0.15) is 70.1 Å². The molecule has 5 atom stereocenters. The number of ether oxygens (including phenoxy) is 1. The minimum absolute atomic E-state index is 0.101. The number of benzene rings is 1. The van der Waals surface area contributed by atoms with Crippen molar-refractivity contribution < 1.29 is 24.2 Å². The fourth-order valence-electron chi connectivity index (χ4n) is 6.20. The zero-order valence-electron chi connectivity index (χ0n) is 26.5. The molecule has 1 aromatic carbocycles. The van der Waals surface area contributed by atoms with Gasteiger partial charge >= 0.3 is 6.09 Å². The summed E-state index contributed by atoms with van der Waals surface area (Å²) in [4.78, 5) is 48.2. The zero-order valence-corrected chi connectivity index (χ0v) is 26.5. The Balaban J connectivity index is 1.86. The largest absolute Gasteiger partial charge is 0.449 e. The standard InChI is InChI=1S/C34H51N5O5/c1-5-26(23(2)3)18-31(40)29(17-25-14-10-7-11-15-25)38-32(41)30(19-28-20-36-22-37-28)39(4)33(42)27(21-44-34(35)43)16-24-12-8-6-9-13-24/h5-6,8-9,12-13,20,22-23,25-27,29-31,40H,1,7,10-11,14-19,21H2,2-4H3,(H2,35,43)(H,36,37)(H,38,41)/t26-,27-,29-,30-,31+/m0/s1. The Bertz CT molecular complexity index is 1170. The zero-order chi connectivity index (χ0) is 32.1. The summed E-state index contributed by atoms with van der Waals surface area (Å²) >= 11 is 0. The van der Waals surface area contributed by atoms with Gasteiger partial charge in [-0.2, -0.15) is 0 Å². The lowest BCUT2D eigenvalue weighted by molar-refractivity contribution is -0.143. The number of nitrogens with one attached hydrogen (secondary N) is 2. The molecular formula is C34H51N5O5. The number of rotatable bonds is 17. The molecule has 1 aromatic heterocycles. The second-order valence-electron chi connectivity index (χ2n) is 12.5. The third-order valence-electron chi connectivity index (χ3n) is 8.95. The highest BCUT2D eigenvalue weighted by Crippen LogP contribution is 2.30. The summed E-state index contributed by atoms with van der Waals surface area (Å²) in [6.07, 6.45) is 10.7. The molecule has 0 spiro atoms. The summed E-state index contributed by atoms with van der Waals surface area (Å²) in [5.41, 5.74) is 6.75. The monoisotopic (exact) mass is 609 g/mol. The summed E-state index contributed by atoms with van der Waals surface area (Å²) in [6, 6.07) is 8.02. The fraction of sp³-hybridized carbons (Fsp3) is 0.588. The van der Waals surface area contributed by atoms with Gasteiger partial charge in [0.25, 0.3) is 0 Å². The van der Waals surface area contributed by atoms with Crippen molar-refractivity contribution in [3.63, 3.8) is 0 Å². The molecule has 1 aliphatic rings. The Hall–Kier alpha value is -3.66. The lowest BCUT2D eigenvalue weighted by atomic mass is 9.81. The van der Waals surface area contributed by atoms with Crippen molar-refractivity contribution in [2.45, 2.75) is 89.8 Å². The van der Waals surface area contributed by atoms with E-state index < -0.39 is 30.2 Å². The Morgan fingerprint density at radius 3 is 2.48 bits per heavy atom. The van der Waals surface area contributed by atoms with Gasteiger partial charge in [-0.3, -0.25) is 9.59 Å². The van der Waals surface area contributed by atoms with Crippen LogP contribution in [-0.4, -0.2) is 69.7 Å². The van der Waals surface area contributed by atoms with Crippen molar-refractivity contribution in [3.8, 4) is 0 Å². The van der Waals surface area contributed by atoms with Gasteiger partial charge in [-0.1, -0.05) is 82.4 Å². The number of H-pyrrole nitrogens is 1. The Morgan fingerprint density at radius 1 is 1.18 bits per heavy atom. The molecule has 10 nitrogen and oxygen atoms in total. The smallest absolute Gasteiger partial charge is 0.404 e. The number of aliphatic hydroxyl groups is 1. The number of likely N-dealkylation sites (N-methyl/N-ethyl adjacent to an activating group) is 1. The minimum Gasteiger partial charge on any atom is -0.449 e. The van der Waals surface area contributed by atoms with Gasteiger partial charge in [-0.05, 0) is 42.6 Å². The van der Waals surface area contributed by atoms with E-state index in [0.29, 0.717) is 36.8 Å². The van der Waals surface area contributed by atoms with E-state index in [1.807, 2.05) is 36.4 Å². The number of carbonyl (C=O) groups excluding carboxylic acids is 3. The molecule has 0 unspecified atom stereocenters. The molecule has 1 saturated carbocycles. The van der Waals surface area contributed by atoms with Crippen LogP contribution in [-0.2, 0) is 27.2 Å². The van der Waals surface area contributed by atoms with Crippen molar-refractivity contribution in [2.24, 2.45) is 29.4 Å². The van der Waals surface area contributed by atoms with Gasteiger partial charge in [0.05, 0.1) is 30.1 Å². The summed E-state index contributed by atoms with van der Waals surface area (Å²) in [6.45, 7) is 7.95. The number of aromatic nitrogens is 2. The van der Waals surface area contributed by atoms with Crippen molar-refractivity contribution in [3.05, 3.63) is 66.8 Å². The average molecular weight is 610 g/mol. The maximum atomic E-state index is 14.1. The number of hydrogen-bond acceptors (Lipinski definition) is 6. The average Bonchev–Trinajstić information content (AvgIpc) is 3.53. The number of nitrogens with zero attached hydrogens (tertiary/aromatic N) is 2. The number of primary amides is 1. The van der Waals surface area contributed by atoms with Crippen molar-refractivity contribution in [1.82, 2.24) is 20.2 Å². The highest BCUT2D eigenvalue weighted by atomic mass is 16.5. The highest BCUT2D eigenvalue weighted by Gasteiger charge is 2.35. The molecule has 44 heavy (non-hydrogen) atoms. The molecule has 0 aliphatic heterocycles. The highest BCUT2D eigenvalue weighted by molar-refractivity contribution is 5.89. The van der Waals surface area contributed by atoms with Gasteiger partial charge in [0.1, 0.15) is 12.6 Å². The number of allylic oxidation sites excluding steroid dienone is 1. The van der Waals surface area contributed by atoms with E-state index in [4.69, 9.17) is 10.5 Å². The molecule has 2 aromatic rings. The van der Waals surface area contributed by atoms with Gasteiger partial charge in [0.15, 0.2) is 0 Å². The number of hydrogen-bond donors (Lipinski definition) is 4. The van der Waals surface area contributed by atoms with E-state index in [-0.39, 0.29) is 30.8 Å². The van der Waals surface area contributed by atoms with Crippen LogP contribution < -0.4 is 11.1 Å². The molecule has 1 aliphatic carbocycles. The van der Waals surface area contributed by atoms with Crippen molar-refractivity contribution >= 4 is 17.9 Å². The maximum Gasteiger partial charge on any atom is 0.404 e. The summed E-state index contributed by atoms with van der Waals surface area (Å²) in [5, 5.41) is 14.6.